The summed E-state index contributed by atoms with van der Waals surface area (Å²) in [5.74, 6) is -1.53. The molecule has 3 N–H and O–H groups in total. The van der Waals surface area contributed by atoms with Gasteiger partial charge in [0.25, 0.3) is 0 Å². The molecule has 0 aromatic heterocycles. The Bertz CT molecular complexity index is 632. The average molecular weight is 346 g/mol. The van der Waals surface area contributed by atoms with Crippen molar-refractivity contribution in [2.75, 3.05) is 13.1 Å². The molecule has 6 nitrogen and oxygen atoms in total. The smallest absolute Gasteiger partial charge is 0.426 e. The van der Waals surface area contributed by atoms with E-state index in [1.165, 1.54) is 11.0 Å². The predicted octanol–water partition coefficient (Wildman–Crippen LogP) is 0.767. The lowest BCUT2D eigenvalue weighted by Gasteiger charge is -2.23. The molecule has 136 valence electrons. The minimum Gasteiger partial charge on any atom is -0.426 e. The fraction of sp³-hybridized carbons (Fsp3) is 0.444. The third-order valence-electron chi connectivity index (χ3n) is 3.98. The maximum atomic E-state index is 12.2. The average Bonchev–Trinajstić information content (AvgIpc) is 2.54. The van der Waals surface area contributed by atoms with Gasteiger partial charge in [0.15, 0.2) is 0 Å². The Balaban J connectivity index is 2.76. The second kappa shape index (κ2) is 10.0. The van der Waals surface area contributed by atoms with E-state index in [0.29, 0.717) is 13.0 Å². The number of benzene rings is 1. The fourth-order valence-corrected chi connectivity index (χ4v) is 2.56. The van der Waals surface area contributed by atoms with Crippen LogP contribution in [0, 0.1) is 13.8 Å². The van der Waals surface area contributed by atoms with Crippen LogP contribution >= 0.6 is 0 Å². The molecule has 0 aliphatic rings. The van der Waals surface area contributed by atoms with Crippen molar-refractivity contribution in [2.24, 2.45) is 0 Å². The number of hydrogen-bond acceptors (Lipinski definition) is 4. The highest BCUT2D eigenvalue weighted by molar-refractivity contribution is 6.43. The van der Waals surface area contributed by atoms with Gasteiger partial charge in [0.1, 0.15) is 0 Å². The first kappa shape index (κ1) is 20.9. The molecular formula is C18H27BN2O4. The maximum Gasteiger partial charge on any atom is 0.475 e. The highest BCUT2D eigenvalue weighted by Gasteiger charge is 2.27. The van der Waals surface area contributed by atoms with E-state index < -0.39 is 19.0 Å². The fourth-order valence-electron chi connectivity index (χ4n) is 2.56. The van der Waals surface area contributed by atoms with Crippen LogP contribution in [0.3, 0.4) is 0 Å². The normalized spacial score (nSPS) is 12.1. The number of hydrogen-bond donors (Lipinski definition) is 3. The number of nitrogens with zero attached hydrogens (tertiary/aromatic N) is 1. The van der Waals surface area contributed by atoms with Crippen molar-refractivity contribution in [3.63, 3.8) is 0 Å². The van der Waals surface area contributed by atoms with Crippen LogP contribution in [0.15, 0.2) is 30.4 Å². The van der Waals surface area contributed by atoms with Crippen LogP contribution in [-0.2, 0) is 16.0 Å². The highest BCUT2D eigenvalue weighted by Crippen LogP contribution is 2.13. The van der Waals surface area contributed by atoms with E-state index in [1.807, 2.05) is 32.0 Å². The first-order valence-corrected chi connectivity index (χ1v) is 8.41. The number of aryl methyl sites for hydroxylation is 2. The van der Waals surface area contributed by atoms with Gasteiger partial charge in [0, 0.05) is 6.54 Å². The van der Waals surface area contributed by atoms with Gasteiger partial charge < -0.3 is 20.3 Å². The zero-order chi connectivity index (χ0) is 19.0. The van der Waals surface area contributed by atoms with Crippen molar-refractivity contribution in [1.29, 1.82) is 0 Å². The predicted molar refractivity (Wildman–Crippen MR) is 98.8 cm³/mol. The minimum absolute atomic E-state index is 0.129. The van der Waals surface area contributed by atoms with Crippen LogP contribution in [0.4, 0.5) is 0 Å². The Morgan fingerprint density at radius 1 is 1.32 bits per heavy atom. The Labute approximate surface area is 149 Å². The second-order valence-corrected chi connectivity index (χ2v) is 6.07. The van der Waals surface area contributed by atoms with Gasteiger partial charge in [-0.05, 0) is 51.3 Å². The van der Waals surface area contributed by atoms with E-state index in [2.05, 4.69) is 5.32 Å². The van der Waals surface area contributed by atoms with Crippen molar-refractivity contribution in [3.8, 4) is 0 Å². The molecule has 0 saturated heterocycles. The van der Waals surface area contributed by atoms with Gasteiger partial charge in [-0.2, -0.15) is 0 Å². The summed E-state index contributed by atoms with van der Waals surface area (Å²) in [6, 6.07) is 5.87. The summed E-state index contributed by atoms with van der Waals surface area (Å²) in [6.45, 7) is 7.70. The van der Waals surface area contributed by atoms with Crippen LogP contribution in [-0.4, -0.2) is 52.9 Å². The molecular weight excluding hydrogens is 319 g/mol. The number of amides is 2. The molecule has 0 saturated carbocycles. The molecule has 2 amide bonds. The van der Waals surface area contributed by atoms with E-state index in [0.717, 1.165) is 16.7 Å². The number of carbonyl (C=O) groups is 2. The Hall–Kier alpha value is -2.12. The van der Waals surface area contributed by atoms with Gasteiger partial charge in [0.05, 0.1) is 12.5 Å². The van der Waals surface area contributed by atoms with E-state index in [4.69, 9.17) is 0 Å². The molecule has 0 spiro atoms. The molecule has 1 atom stereocenters. The van der Waals surface area contributed by atoms with Crippen molar-refractivity contribution < 1.29 is 19.6 Å². The summed E-state index contributed by atoms with van der Waals surface area (Å²) in [4.78, 5) is 25.5. The second-order valence-electron chi connectivity index (χ2n) is 6.07. The van der Waals surface area contributed by atoms with E-state index in [9.17, 15) is 19.6 Å². The minimum atomic E-state index is -1.69. The molecule has 0 bridgehead atoms. The van der Waals surface area contributed by atoms with Crippen LogP contribution in [0.1, 0.15) is 30.5 Å². The van der Waals surface area contributed by atoms with Crippen molar-refractivity contribution in [2.45, 2.75) is 40.1 Å². The van der Waals surface area contributed by atoms with Gasteiger partial charge in [-0.1, -0.05) is 29.8 Å². The van der Waals surface area contributed by atoms with E-state index >= 15 is 0 Å². The highest BCUT2D eigenvalue weighted by atomic mass is 16.4. The van der Waals surface area contributed by atoms with Gasteiger partial charge in [0.2, 0.25) is 11.8 Å². The molecule has 0 radical (unpaired) electrons. The van der Waals surface area contributed by atoms with Gasteiger partial charge in [-0.15, -0.1) is 0 Å². The molecule has 0 heterocycles. The maximum absolute atomic E-state index is 12.2. The number of carbonyl (C=O) groups excluding carboxylic acids is 2. The topological polar surface area (TPSA) is 89.9 Å². The van der Waals surface area contributed by atoms with Crippen LogP contribution in [0.2, 0.25) is 0 Å². The molecule has 1 rings (SSSR count). The lowest BCUT2D eigenvalue weighted by molar-refractivity contribution is -0.132. The van der Waals surface area contributed by atoms with Crippen LogP contribution in [0.5, 0.6) is 0 Å². The van der Waals surface area contributed by atoms with Crippen LogP contribution in [0.25, 0.3) is 0 Å². The summed E-state index contributed by atoms with van der Waals surface area (Å²) < 4.78 is 0. The zero-order valence-electron chi connectivity index (χ0n) is 15.3. The molecule has 1 aromatic rings. The Kier molecular flexibility index (Phi) is 8.38. The lowest BCUT2D eigenvalue weighted by Crippen LogP contribution is -2.51. The third-order valence-corrected chi connectivity index (χ3v) is 3.98. The number of allylic oxidation sites excluding steroid dienone is 1. The molecule has 1 aromatic carbocycles. The SMILES string of the molecule is C/C=C\C(=O)N(CC)CC(=O)N[C@@H](Cc1ccc(C)cc1C)B(O)O. The van der Waals surface area contributed by atoms with Gasteiger partial charge in [-0.3, -0.25) is 9.59 Å². The zero-order valence-corrected chi connectivity index (χ0v) is 15.3. The molecule has 0 aliphatic heterocycles. The molecule has 25 heavy (non-hydrogen) atoms. The Morgan fingerprint density at radius 3 is 2.52 bits per heavy atom. The van der Waals surface area contributed by atoms with Gasteiger partial charge >= 0.3 is 7.12 Å². The summed E-state index contributed by atoms with van der Waals surface area (Å²) in [6.07, 6.45) is 3.30. The quantitative estimate of drug-likeness (QED) is 0.479. The lowest BCUT2D eigenvalue weighted by atomic mass is 9.75. The summed E-state index contributed by atoms with van der Waals surface area (Å²) in [5.41, 5.74) is 3.08. The van der Waals surface area contributed by atoms with E-state index in [1.54, 1.807) is 19.9 Å². The molecule has 7 heteroatoms. The van der Waals surface area contributed by atoms with E-state index in [-0.39, 0.29) is 12.5 Å². The summed E-state index contributed by atoms with van der Waals surface area (Å²) in [7, 11) is -1.69. The van der Waals surface area contributed by atoms with Crippen molar-refractivity contribution >= 4 is 18.9 Å². The van der Waals surface area contributed by atoms with Gasteiger partial charge in [-0.25, -0.2) is 0 Å². The largest absolute Gasteiger partial charge is 0.475 e. The third kappa shape index (κ3) is 6.72. The van der Waals surface area contributed by atoms with Crippen molar-refractivity contribution in [3.05, 3.63) is 47.0 Å². The van der Waals surface area contributed by atoms with Crippen LogP contribution < -0.4 is 5.32 Å². The summed E-state index contributed by atoms with van der Waals surface area (Å²) >= 11 is 0. The molecule has 0 fully saturated rings. The summed E-state index contributed by atoms with van der Waals surface area (Å²) in [5, 5.41) is 21.8. The molecule has 0 unspecified atom stereocenters. The number of rotatable bonds is 8. The monoisotopic (exact) mass is 346 g/mol. The first-order chi connectivity index (χ1) is 11.8. The number of likely N-dealkylation sites (N-methyl/N-ethyl adjacent to an activating group) is 1. The standard InChI is InChI=1S/C18H27BN2O4/c1-5-7-18(23)21(6-2)12-17(22)20-16(19(24)25)11-15-9-8-13(3)10-14(15)4/h5,7-10,16,24-25H,6,11-12H2,1-4H3,(H,20,22)/b7-5-/t16-/m0/s1. The first-order valence-electron chi connectivity index (χ1n) is 8.41. The number of nitrogens with one attached hydrogen (secondary N) is 1. The van der Waals surface area contributed by atoms with Crippen molar-refractivity contribution in [1.82, 2.24) is 10.2 Å². The Morgan fingerprint density at radius 2 is 2.00 bits per heavy atom. The molecule has 0 aliphatic carbocycles.